The Morgan fingerprint density at radius 1 is 0.478 bits per heavy atom. The molecule has 0 heterocycles. The van der Waals surface area contributed by atoms with Crippen LogP contribution < -0.4 is 0 Å². The molecule has 0 nitrogen and oxygen atoms in total. The first-order chi connectivity index (χ1) is 21.8. The molecular formula is C45H46Zr. The van der Waals surface area contributed by atoms with E-state index in [0.717, 1.165) is 0 Å². The summed E-state index contributed by atoms with van der Waals surface area (Å²) in [6, 6.07) is 48.0. The van der Waals surface area contributed by atoms with E-state index in [4.69, 9.17) is 0 Å². The minimum absolute atomic E-state index is 0.203. The third kappa shape index (κ3) is 7.82. The van der Waals surface area contributed by atoms with Crippen LogP contribution in [-0.4, -0.2) is 3.21 Å². The number of rotatable bonds is 2. The molecule has 46 heavy (non-hydrogen) atoms. The first-order valence-corrected chi connectivity index (χ1v) is 17.5. The Labute approximate surface area is 291 Å². The van der Waals surface area contributed by atoms with Gasteiger partial charge in [-0.3, -0.25) is 0 Å². The van der Waals surface area contributed by atoms with Crippen molar-refractivity contribution in [2.24, 2.45) is 0 Å². The zero-order chi connectivity index (χ0) is 33.1. The summed E-state index contributed by atoms with van der Waals surface area (Å²) in [4.78, 5) is 0. The Morgan fingerprint density at radius 2 is 0.913 bits per heavy atom. The molecule has 7 rings (SSSR count). The Bertz CT molecular complexity index is 1960. The summed E-state index contributed by atoms with van der Waals surface area (Å²) < 4.78 is 1.42. The van der Waals surface area contributed by atoms with Gasteiger partial charge in [-0.1, -0.05) is 96.8 Å². The fraction of sp³-hybridized carbons (Fsp3) is 0.222. The van der Waals surface area contributed by atoms with Crippen molar-refractivity contribution < 1.29 is 24.2 Å². The van der Waals surface area contributed by atoms with Gasteiger partial charge in [-0.25, -0.2) is 0 Å². The van der Waals surface area contributed by atoms with E-state index < -0.39 is 0 Å². The molecule has 0 saturated carbocycles. The van der Waals surface area contributed by atoms with E-state index in [9.17, 15) is 0 Å². The molecule has 0 unspecified atom stereocenters. The molecular weight excluding hydrogens is 632 g/mol. The maximum absolute atomic E-state index is 2.35. The van der Waals surface area contributed by atoms with Gasteiger partial charge in [-0.05, 0) is 10.8 Å². The van der Waals surface area contributed by atoms with E-state index in [1.165, 1.54) is 93.1 Å². The summed E-state index contributed by atoms with van der Waals surface area (Å²) >= 11 is 1.46. The summed E-state index contributed by atoms with van der Waals surface area (Å²) in [6.45, 7) is 18.0. The van der Waals surface area contributed by atoms with E-state index in [-0.39, 0.29) is 10.8 Å². The zero-order valence-electron chi connectivity index (χ0n) is 28.7. The minimum atomic E-state index is 0.203. The third-order valence-corrected chi connectivity index (χ3v) is 10.3. The van der Waals surface area contributed by atoms with Crippen LogP contribution in [0.1, 0.15) is 74.9 Å². The SMILES string of the molecule is CC(C)(C)c1ccc2c(c1)[cH-]c1cc(C(C)(C)C)ccc12.Cc1[cH-]c2ccccc2c1C.[Zr+2]=[C](c1ccccc1)c1ccccc1. The van der Waals surface area contributed by atoms with Crippen molar-refractivity contribution in [3.05, 3.63) is 167 Å². The van der Waals surface area contributed by atoms with Crippen LogP contribution in [0, 0.1) is 13.8 Å². The topological polar surface area (TPSA) is 0 Å². The summed E-state index contributed by atoms with van der Waals surface area (Å²) in [5, 5.41) is 8.23. The van der Waals surface area contributed by atoms with Crippen molar-refractivity contribution in [2.75, 3.05) is 0 Å². The van der Waals surface area contributed by atoms with Crippen LogP contribution in [0.2, 0.25) is 0 Å². The van der Waals surface area contributed by atoms with Gasteiger partial charge >= 0.3 is 99.2 Å². The predicted octanol–water partition coefficient (Wildman–Crippen LogP) is 12.3. The number of benzene rings is 5. The average Bonchev–Trinajstić information content (AvgIpc) is 3.56. The van der Waals surface area contributed by atoms with Gasteiger partial charge in [0.25, 0.3) is 0 Å². The van der Waals surface area contributed by atoms with Gasteiger partial charge in [-0.15, -0.1) is 80.3 Å². The number of aryl methyl sites for hydroxylation is 2. The first-order valence-electron chi connectivity index (χ1n) is 16.3. The molecule has 0 aromatic heterocycles. The molecule has 0 N–H and O–H groups in total. The molecule has 0 bridgehead atoms. The summed E-state index contributed by atoms with van der Waals surface area (Å²) in [6.07, 6.45) is 0. The van der Waals surface area contributed by atoms with E-state index in [0.29, 0.717) is 0 Å². The van der Waals surface area contributed by atoms with Crippen molar-refractivity contribution in [1.29, 1.82) is 0 Å². The normalized spacial score (nSPS) is 11.6. The van der Waals surface area contributed by atoms with E-state index in [1.807, 2.05) is 0 Å². The summed E-state index contributed by atoms with van der Waals surface area (Å²) in [5.74, 6) is 0. The van der Waals surface area contributed by atoms with Crippen molar-refractivity contribution in [1.82, 2.24) is 0 Å². The molecule has 0 fully saturated rings. The quantitative estimate of drug-likeness (QED) is 0.160. The molecule has 0 aliphatic heterocycles. The molecule has 0 saturated heterocycles. The van der Waals surface area contributed by atoms with E-state index in [1.54, 1.807) is 0 Å². The fourth-order valence-corrected chi connectivity index (χ4v) is 6.67. The molecule has 230 valence electrons. The van der Waals surface area contributed by atoms with Crippen molar-refractivity contribution >= 4 is 35.5 Å². The van der Waals surface area contributed by atoms with Crippen LogP contribution in [0.4, 0.5) is 0 Å². The van der Waals surface area contributed by atoms with Gasteiger partial charge in [0.1, 0.15) is 0 Å². The number of hydrogen-bond acceptors (Lipinski definition) is 0. The monoisotopic (exact) mass is 676 g/mol. The predicted molar refractivity (Wildman–Crippen MR) is 200 cm³/mol. The standard InChI is InChI=1S/C21H25.C13H10.C11H11.Zr/c1-20(2,3)16-7-9-18-14(12-16)11-15-13-17(21(4,5)6)8-10-19(15)18;1-3-7-12(8-4-1)11-13-9-5-2-6-10-13;1-8-7-10-5-3-4-6-11(10)9(8)2;/h7-13H,1-6H3;1-10H;3-7H,1-2H3;/q-1;;-1;+2. The summed E-state index contributed by atoms with van der Waals surface area (Å²) in [7, 11) is 0. The molecule has 0 aliphatic rings. The first kappa shape index (κ1) is 33.7. The average molecular weight is 678 g/mol. The van der Waals surface area contributed by atoms with Gasteiger partial charge in [0.15, 0.2) is 0 Å². The molecule has 1 heteroatoms. The van der Waals surface area contributed by atoms with Gasteiger partial charge in [-0.2, -0.15) is 5.56 Å². The van der Waals surface area contributed by atoms with Crippen LogP contribution in [0.15, 0.2) is 133 Å². The Balaban J connectivity index is 0.000000144. The van der Waals surface area contributed by atoms with Crippen LogP contribution in [0.25, 0.3) is 32.3 Å². The van der Waals surface area contributed by atoms with Crippen molar-refractivity contribution in [3.63, 3.8) is 0 Å². The molecule has 7 aromatic carbocycles. The second-order valence-electron chi connectivity index (χ2n) is 14.4. The second kappa shape index (κ2) is 14.0. The Morgan fingerprint density at radius 3 is 1.35 bits per heavy atom. The van der Waals surface area contributed by atoms with E-state index >= 15 is 0 Å². The molecule has 0 atom stereocenters. The Kier molecular flexibility index (Phi) is 10.2. The zero-order valence-corrected chi connectivity index (χ0v) is 31.2. The van der Waals surface area contributed by atoms with Crippen LogP contribution >= 0.6 is 0 Å². The van der Waals surface area contributed by atoms with E-state index in [2.05, 4.69) is 189 Å². The molecule has 0 aliphatic carbocycles. The Hall–Kier alpha value is -3.67. The number of fused-ring (bicyclic) bond motifs is 4. The van der Waals surface area contributed by atoms with Crippen molar-refractivity contribution in [3.8, 4) is 0 Å². The second-order valence-corrected chi connectivity index (χ2v) is 15.6. The van der Waals surface area contributed by atoms with Gasteiger partial charge in [0, 0.05) is 0 Å². The molecule has 0 radical (unpaired) electrons. The fourth-order valence-electron chi connectivity index (χ4n) is 5.85. The third-order valence-electron chi connectivity index (χ3n) is 8.89. The molecule has 0 amide bonds. The van der Waals surface area contributed by atoms with Gasteiger partial charge < -0.3 is 0 Å². The van der Waals surface area contributed by atoms with Gasteiger partial charge in [0.05, 0.1) is 0 Å². The van der Waals surface area contributed by atoms with Crippen LogP contribution in [0.5, 0.6) is 0 Å². The summed E-state index contributed by atoms with van der Waals surface area (Å²) in [5.41, 5.74) is 8.69. The number of hydrogen-bond donors (Lipinski definition) is 0. The molecule has 7 aromatic rings. The van der Waals surface area contributed by atoms with Crippen LogP contribution in [-0.2, 0) is 35.1 Å². The van der Waals surface area contributed by atoms with Crippen molar-refractivity contribution in [2.45, 2.75) is 66.2 Å². The van der Waals surface area contributed by atoms with Gasteiger partial charge in [0.2, 0.25) is 0 Å². The van der Waals surface area contributed by atoms with Crippen LogP contribution in [0.3, 0.4) is 0 Å². The maximum atomic E-state index is 2.35. The molecule has 0 spiro atoms.